The number of benzene rings is 2. The van der Waals surface area contributed by atoms with Gasteiger partial charge in [-0.1, -0.05) is 25.0 Å². The number of carbonyl (C=O) groups excluding carboxylic acids is 1. The van der Waals surface area contributed by atoms with E-state index >= 15 is 0 Å². The van der Waals surface area contributed by atoms with Gasteiger partial charge >= 0.3 is 0 Å². The first-order chi connectivity index (χ1) is 13.7. The van der Waals surface area contributed by atoms with Crippen LogP contribution in [0.1, 0.15) is 31.2 Å². The van der Waals surface area contributed by atoms with Gasteiger partial charge in [0.15, 0.2) is 11.5 Å². The molecule has 1 aliphatic heterocycles. The van der Waals surface area contributed by atoms with Gasteiger partial charge in [0.2, 0.25) is 5.91 Å². The number of fused-ring (bicyclic) bond motifs is 2. The SMILES string of the molecule is O=C(C1CCCC1)N1CCOc2c(O)cc(-c3nc4ccccc4s3)cc2C1. The van der Waals surface area contributed by atoms with Crippen molar-refractivity contribution in [2.75, 3.05) is 13.2 Å². The van der Waals surface area contributed by atoms with Crippen LogP contribution in [0.3, 0.4) is 0 Å². The summed E-state index contributed by atoms with van der Waals surface area (Å²) < 4.78 is 6.92. The lowest BCUT2D eigenvalue weighted by atomic mass is 10.0. The molecule has 1 N–H and O–H groups in total. The predicted octanol–water partition coefficient (Wildman–Crippen LogP) is 4.58. The second kappa shape index (κ2) is 7.09. The summed E-state index contributed by atoms with van der Waals surface area (Å²) in [7, 11) is 0. The first-order valence-corrected chi connectivity index (χ1v) is 10.6. The van der Waals surface area contributed by atoms with Gasteiger partial charge in [-0.15, -0.1) is 11.3 Å². The number of amides is 1. The summed E-state index contributed by atoms with van der Waals surface area (Å²) in [6, 6.07) is 11.7. The number of aromatic nitrogens is 1. The van der Waals surface area contributed by atoms with Crippen molar-refractivity contribution in [2.24, 2.45) is 5.92 Å². The van der Waals surface area contributed by atoms with Crippen LogP contribution in [0, 0.1) is 5.92 Å². The normalized spacial score (nSPS) is 17.4. The fourth-order valence-corrected chi connectivity index (χ4v) is 5.19. The number of hydrogen-bond donors (Lipinski definition) is 1. The van der Waals surface area contributed by atoms with Gasteiger partial charge in [0.05, 0.1) is 16.8 Å². The quantitative estimate of drug-likeness (QED) is 0.691. The molecule has 2 aliphatic rings. The highest BCUT2D eigenvalue weighted by Crippen LogP contribution is 2.40. The van der Waals surface area contributed by atoms with Crippen LogP contribution in [-0.4, -0.2) is 34.0 Å². The summed E-state index contributed by atoms with van der Waals surface area (Å²) >= 11 is 1.60. The minimum absolute atomic E-state index is 0.113. The Bertz CT molecular complexity index is 1010. The zero-order valence-corrected chi connectivity index (χ0v) is 16.4. The Kier molecular flexibility index (Phi) is 4.43. The molecule has 0 unspecified atom stereocenters. The Labute approximate surface area is 167 Å². The van der Waals surface area contributed by atoms with Gasteiger partial charge in [-0.25, -0.2) is 4.98 Å². The largest absolute Gasteiger partial charge is 0.504 e. The van der Waals surface area contributed by atoms with Gasteiger partial charge in [-0.3, -0.25) is 4.79 Å². The Morgan fingerprint density at radius 3 is 2.86 bits per heavy atom. The lowest BCUT2D eigenvalue weighted by Crippen LogP contribution is -2.36. The molecule has 6 heteroatoms. The van der Waals surface area contributed by atoms with Crippen LogP contribution in [0.4, 0.5) is 0 Å². The molecule has 144 valence electrons. The summed E-state index contributed by atoms with van der Waals surface area (Å²) in [5, 5.41) is 11.4. The van der Waals surface area contributed by atoms with Crippen molar-refractivity contribution >= 4 is 27.5 Å². The van der Waals surface area contributed by atoms with E-state index in [1.807, 2.05) is 35.2 Å². The van der Waals surface area contributed by atoms with Crippen molar-refractivity contribution in [3.8, 4) is 22.1 Å². The average molecular weight is 394 g/mol. The topological polar surface area (TPSA) is 62.7 Å². The number of phenolic OH excluding ortho intramolecular Hbond substituents is 1. The molecule has 3 aromatic rings. The Balaban J connectivity index is 1.50. The van der Waals surface area contributed by atoms with Crippen LogP contribution >= 0.6 is 11.3 Å². The monoisotopic (exact) mass is 394 g/mol. The molecule has 0 saturated heterocycles. The fourth-order valence-electron chi connectivity index (χ4n) is 4.24. The van der Waals surface area contributed by atoms with E-state index in [0.29, 0.717) is 25.4 Å². The number of rotatable bonds is 2. The van der Waals surface area contributed by atoms with E-state index in [2.05, 4.69) is 0 Å². The van der Waals surface area contributed by atoms with E-state index in [4.69, 9.17) is 9.72 Å². The number of ether oxygens (including phenoxy) is 1. The summed E-state index contributed by atoms with van der Waals surface area (Å²) in [6.07, 6.45) is 4.25. The second-order valence-corrected chi connectivity index (χ2v) is 8.59. The van der Waals surface area contributed by atoms with E-state index in [-0.39, 0.29) is 17.6 Å². The van der Waals surface area contributed by atoms with Crippen LogP contribution in [0.2, 0.25) is 0 Å². The van der Waals surface area contributed by atoms with Crippen molar-refractivity contribution in [2.45, 2.75) is 32.2 Å². The van der Waals surface area contributed by atoms with E-state index in [0.717, 1.165) is 52.0 Å². The summed E-state index contributed by atoms with van der Waals surface area (Å²) in [5.41, 5.74) is 2.65. The van der Waals surface area contributed by atoms with Crippen molar-refractivity contribution in [3.05, 3.63) is 42.0 Å². The molecule has 0 radical (unpaired) electrons. The summed E-state index contributed by atoms with van der Waals surface area (Å²) in [5.74, 6) is 0.968. The molecule has 0 spiro atoms. The van der Waals surface area contributed by atoms with Crippen LogP contribution in [0.15, 0.2) is 36.4 Å². The highest BCUT2D eigenvalue weighted by molar-refractivity contribution is 7.21. The molecular weight excluding hydrogens is 372 g/mol. The number of phenols is 1. The number of carbonyl (C=O) groups is 1. The van der Waals surface area contributed by atoms with E-state index in [9.17, 15) is 9.90 Å². The first kappa shape index (κ1) is 17.5. The fraction of sp³-hybridized carbons (Fsp3) is 0.364. The van der Waals surface area contributed by atoms with Crippen LogP contribution in [-0.2, 0) is 11.3 Å². The van der Waals surface area contributed by atoms with Crippen LogP contribution in [0.5, 0.6) is 11.5 Å². The highest BCUT2D eigenvalue weighted by atomic mass is 32.1. The Hall–Kier alpha value is -2.60. The molecule has 1 fully saturated rings. The smallest absolute Gasteiger partial charge is 0.226 e. The van der Waals surface area contributed by atoms with Gasteiger partial charge in [0.1, 0.15) is 11.6 Å². The summed E-state index contributed by atoms with van der Waals surface area (Å²) in [6.45, 7) is 1.43. The Morgan fingerprint density at radius 2 is 2.04 bits per heavy atom. The van der Waals surface area contributed by atoms with Crippen molar-refractivity contribution < 1.29 is 14.6 Å². The third-order valence-corrected chi connectivity index (χ3v) is 6.76. The number of thiazole rings is 1. The zero-order valence-electron chi connectivity index (χ0n) is 15.6. The van der Waals surface area contributed by atoms with Gasteiger partial charge in [0, 0.05) is 23.6 Å². The molecule has 1 aromatic heterocycles. The van der Waals surface area contributed by atoms with Crippen molar-refractivity contribution in [3.63, 3.8) is 0 Å². The highest BCUT2D eigenvalue weighted by Gasteiger charge is 2.30. The van der Waals surface area contributed by atoms with Crippen molar-refractivity contribution in [1.29, 1.82) is 0 Å². The van der Waals surface area contributed by atoms with E-state index < -0.39 is 0 Å². The minimum Gasteiger partial charge on any atom is -0.504 e. The molecule has 2 aromatic carbocycles. The standard InChI is InChI=1S/C22H22N2O3S/c25-18-12-15(21-23-17-7-3-4-8-19(17)28-21)11-16-13-24(9-10-27-20(16)18)22(26)14-5-1-2-6-14/h3-4,7-8,11-12,14,25H,1-2,5-6,9-10,13H2. The lowest BCUT2D eigenvalue weighted by Gasteiger charge is -2.23. The van der Waals surface area contributed by atoms with Gasteiger partial charge in [-0.05, 0) is 37.1 Å². The van der Waals surface area contributed by atoms with Crippen LogP contribution < -0.4 is 4.74 Å². The van der Waals surface area contributed by atoms with Gasteiger partial charge in [0.25, 0.3) is 0 Å². The maximum atomic E-state index is 12.9. The molecule has 0 atom stereocenters. The molecule has 1 aliphatic carbocycles. The number of para-hydroxylation sites is 1. The summed E-state index contributed by atoms with van der Waals surface area (Å²) in [4.78, 5) is 19.5. The second-order valence-electron chi connectivity index (χ2n) is 7.56. The molecule has 28 heavy (non-hydrogen) atoms. The zero-order chi connectivity index (χ0) is 19.1. The predicted molar refractivity (Wildman–Crippen MR) is 110 cm³/mol. The van der Waals surface area contributed by atoms with Gasteiger partial charge < -0.3 is 14.7 Å². The van der Waals surface area contributed by atoms with Crippen LogP contribution in [0.25, 0.3) is 20.8 Å². The number of nitrogens with zero attached hydrogens (tertiary/aromatic N) is 2. The van der Waals surface area contributed by atoms with Gasteiger partial charge in [-0.2, -0.15) is 0 Å². The first-order valence-electron chi connectivity index (χ1n) is 9.82. The lowest BCUT2D eigenvalue weighted by molar-refractivity contribution is -0.136. The molecule has 1 amide bonds. The number of aromatic hydroxyl groups is 1. The minimum atomic E-state index is 0.113. The third kappa shape index (κ3) is 3.11. The molecular formula is C22H22N2O3S. The molecule has 1 saturated carbocycles. The Morgan fingerprint density at radius 1 is 1.21 bits per heavy atom. The molecule has 5 rings (SSSR count). The maximum absolute atomic E-state index is 12.9. The van der Waals surface area contributed by atoms with Crippen molar-refractivity contribution in [1.82, 2.24) is 9.88 Å². The average Bonchev–Trinajstić information content (AvgIpc) is 3.33. The van der Waals surface area contributed by atoms with E-state index in [1.165, 1.54) is 0 Å². The maximum Gasteiger partial charge on any atom is 0.226 e. The molecule has 2 heterocycles. The molecule has 5 nitrogen and oxygen atoms in total. The molecule has 0 bridgehead atoms. The number of hydrogen-bond acceptors (Lipinski definition) is 5. The van der Waals surface area contributed by atoms with E-state index in [1.54, 1.807) is 17.4 Å². The third-order valence-electron chi connectivity index (χ3n) is 5.67.